The van der Waals surface area contributed by atoms with Crippen molar-refractivity contribution in [2.24, 2.45) is 0 Å². The van der Waals surface area contributed by atoms with Gasteiger partial charge in [0.25, 0.3) is 0 Å². The van der Waals surface area contributed by atoms with E-state index in [9.17, 15) is 0 Å². The zero-order chi connectivity index (χ0) is 6.28. The van der Waals surface area contributed by atoms with Crippen LogP contribution in [-0.2, 0) is 20.3 Å². The van der Waals surface area contributed by atoms with E-state index in [1.54, 1.807) is 0 Å². The van der Waals surface area contributed by atoms with Crippen molar-refractivity contribution in [1.29, 1.82) is 0 Å². The molecular weight excluding hydrogens is 139 g/mol. The number of carboxylic acid groups (broad SMARTS) is 1. The molecular formula is C4H8NiO2. The van der Waals surface area contributed by atoms with Crippen LogP contribution in [0.2, 0.25) is 5.39 Å². The molecule has 0 aromatic heterocycles. The summed E-state index contributed by atoms with van der Waals surface area (Å²) in [5.74, 6) is -1.08. The van der Waals surface area contributed by atoms with Gasteiger partial charge in [-0.1, -0.05) is 0 Å². The van der Waals surface area contributed by atoms with Crippen LogP contribution in [0.25, 0.3) is 0 Å². The van der Waals surface area contributed by atoms with Gasteiger partial charge in [-0.3, -0.25) is 0 Å². The Kier molecular flexibility index (Phi) is 13.4. The number of hydrogen-bond acceptors (Lipinski definition) is 2. The zero-order valence-corrected chi connectivity index (χ0v) is 5.33. The third-order valence-corrected chi connectivity index (χ3v) is 0. The summed E-state index contributed by atoms with van der Waals surface area (Å²) in [5.41, 5.74) is 0. The van der Waals surface area contributed by atoms with Crippen LogP contribution in [0.1, 0.15) is 13.8 Å². The van der Waals surface area contributed by atoms with Crippen LogP contribution in [0.3, 0.4) is 0 Å². The number of hydrogen-bond donors (Lipinski definition) is 0. The number of carbonyl (C=O) groups is 1. The normalized spacial score (nSPS) is 6.29. The summed E-state index contributed by atoms with van der Waals surface area (Å²) in [6, 6.07) is 0. The Labute approximate surface area is 51.3 Å². The summed E-state index contributed by atoms with van der Waals surface area (Å²) in [6.45, 7) is 2.93. The maximum atomic E-state index is 8.89. The second kappa shape index (κ2) is 9.35. The fraction of sp³-hybridized carbons (Fsp3) is 0.750. The van der Waals surface area contributed by atoms with E-state index >= 15 is 0 Å². The molecule has 7 heavy (non-hydrogen) atoms. The molecule has 0 fully saturated rings. The Morgan fingerprint density at radius 1 is 1.86 bits per heavy atom. The molecule has 0 radical (unpaired) electrons. The SMILES string of the molecule is CC(=O)[O-].C[CH2][Ni+]. The van der Waals surface area contributed by atoms with Gasteiger partial charge >= 0.3 is 27.8 Å². The number of carbonyl (C=O) groups excluding carboxylic acids is 1. The predicted octanol–water partition coefficient (Wildman–Crippen LogP) is -0.272. The molecule has 0 aromatic carbocycles. The summed E-state index contributed by atoms with van der Waals surface area (Å²) in [4.78, 5) is 8.89. The molecule has 46 valence electrons. The van der Waals surface area contributed by atoms with Gasteiger partial charge in [-0.2, -0.15) is 0 Å². The number of carboxylic acids is 1. The molecule has 0 saturated carbocycles. The van der Waals surface area contributed by atoms with Gasteiger partial charge in [0, 0.05) is 5.97 Å². The van der Waals surface area contributed by atoms with Gasteiger partial charge in [0.05, 0.1) is 0 Å². The fourth-order valence-corrected chi connectivity index (χ4v) is 0. The van der Waals surface area contributed by atoms with E-state index < -0.39 is 5.97 Å². The minimum absolute atomic E-state index is 0.875. The molecule has 0 bridgehead atoms. The average molecular weight is 147 g/mol. The summed E-state index contributed by atoms with van der Waals surface area (Å²) in [5, 5.41) is 9.76. The van der Waals surface area contributed by atoms with Crippen molar-refractivity contribution in [2.45, 2.75) is 19.2 Å². The van der Waals surface area contributed by atoms with Crippen LogP contribution < -0.4 is 5.11 Å². The molecule has 0 aliphatic heterocycles. The molecule has 0 atom stereocenters. The molecule has 0 aliphatic rings. The average Bonchev–Trinajstić information content (AvgIpc) is 1.33. The van der Waals surface area contributed by atoms with Crippen LogP contribution in [0, 0.1) is 0 Å². The van der Waals surface area contributed by atoms with Gasteiger partial charge < -0.3 is 9.90 Å². The number of aliphatic carboxylic acids is 1. The predicted molar refractivity (Wildman–Crippen MR) is 21.2 cm³/mol. The Bertz CT molecular complexity index is 41.0. The van der Waals surface area contributed by atoms with Crippen molar-refractivity contribution in [3.63, 3.8) is 0 Å². The quantitative estimate of drug-likeness (QED) is 0.442. The van der Waals surface area contributed by atoms with Crippen molar-refractivity contribution in [3.8, 4) is 0 Å². The topological polar surface area (TPSA) is 40.1 Å². The van der Waals surface area contributed by atoms with Crippen molar-refractivity contribution in [1.82, 2.24) is 0 Å². The van der Waals surface area contributed by atoms with Crippen LogP contribution in [0.15, 0.2) is 0 Å². The van der Waals surface area contributed by atoms with E-state index in [4.69, 9.17) is 9.90 Å². The molecule has 0 saturated heterocycles. The monoisotopic (exact) mass is 146 g/mol. The molecule has 0 heterocycles. The van der Waals surface area contributed by atoms with Crippen LogP contribution in [-0.4, -0.2) is 5.97 Å². The second-order valence-electron chi connectivity index (χ2n) is 0.715. The molecule has 0 amide bonds. The van der Waals surface area contributed by atoms with Crippen molar-refractivity contribution in [2.75, 3.05) is 0 Å². The van der Waals surface area contributed by atoms with Crippen LogP contribution in [0.5, 0.6) is 0 Å². The van der Waals surface area contributed by atoms with E-state index in [1.807, 2.05) is 6.92 Å². The van der Waals surface area contributed by atoms with Crippen molar-refractivity contribution in [3.05, 3.63) is 0 Å². The molecule has 0 rings (SSSR count). The standard InChI is InChI=1S/C2H4O2.C2H5.Ni/c1-2(3)4;1-2;/h1H3,(H,3,4);1H2,2H3;/q;;+1/p-1. The van der Waals surface area contributed by atoms with Crippen LogP contribution >= 0.6 is 0 Å². The molecule has 0 spiro atoms. The fourth-order valence-electron chi connectivity index (χ4n) is 0. The summed E-state index contributed by atoms with van der Waals surface area (Å²) < 4.78 is 0. The third kappa shape index (κ3) is 70300. The van der Waals surface area contributed by atoms with Crippen LogP contribution in [0.4, 0.5) is 0 Å². The third-order valence-electron chi connectivity index (χ3n) is 0. The van der Waals surface area contributed by atoms with E-state index in [-0.39, 0.29) is 0 Å². The molecule has 2 nitrogen and oxygen atoms in total. The van der Waals surface area contributed by atoms with Gasteiger partial charge in [0.2, 0.25) is 0 Å². The minimum atomic E-state index is -1.08. The first-order chi connectivity index (χ1) is 3.15. The summed E-state index contributed by atoms with van der Waals surface area (Å²) in [6.07, 6.45) is 0. The van der Waals surface area contributed by atoms with Gasteiger partial charge in [-0.25, -0.2) is 0 Å². The Morgan fingerprint density at radius 3 is 1.86 bits per heavy atom. The summed E-state index contributed by atoms with van der Waals surface area (Å²) >= 11 is 4.17. The Hall–Kier alpha value is -0.0365. The first-order valence-corrected chi connectivity index (χ1v) is 2.54. The van der Waals surface area contributed by atoms with Gasteiger partial charge in [-0.15, -0.1) is 0 Å². The van der Waals surface area contributed by atoms with Gasteiger partial charge in [0.1, 0.15) is 0 Å². The first-order valence-electron chi connectivity index (χ1n) is 1.84. The molecule has 3 heteroatoms. The van der Waals surface area contributed by atoms with Crippen molar-refractivity contribution < 1.29 is 25.4 Å². The number of rotatable bonds is 0. The molecule has 0 aliphatic carbocycles. The molecule has 0 N–H and O–H groups in total. The van der Waals surface area contributed by atoms with E-state index in [0.29, 0.717) is 0 Å². The van der Waals surface area contributed by atoms with Crippen molar-refractivity contribution >= 4 is 5.97 Å². The van der Waals surface area contributed by atoms with E-state index in [0.717, 1.165) is 12.3 Å². The Morgan fingerprint density at radius 2 is 1.86 bits per heavy atom. The second-order valence-corrected chi connectivity index (χ2v) is 1.41. The zero-order valence-electron chi connectivity index (χ0n) is 4.34. The first kappa shape index (κ1) is 10.1. The van der Waals surface area contributed by atoms with E-state index in [1.165, 1.54) is 0 Å². The van der Waals surface area contributed by atoms with Gasteiger partial charge in [-0.05, 0) is 6.92 Å². The molecule has 0 aromatic rings. The maximum absolute atomic E-state index is 8.89. The Balaban J connectivity index is 0. The van der Waals surface area contributed by atoms with E-state index in [2.05, 4.69) is 15.5 Å². The van der Waals surface area contributed by atoms with Gasteiger partial charge in [0.15, 0.2) is 0 Å². The summed E-state index contributed by atoms with van der Waals surface area (Å²) in [7, 11) is 0. The molecule has 0 unspecified atom stereocenters.